The Bertz CT molecular complexity index is 1020. The summed E-state index contributed by atoms with van der Waals surface area (Å²) in [6.45, 7) is 1.77. The Morgan fingerprint density at radius 2 is 1.47 bits per heavy atom. The molecule has 6 nitrogen and oxygen atoms in total. The second-order valence-electron chi connectivity index (χ2n) is 6.50. The van der Waals surface area contributed by atoms with Gasteiger partial charge in [-0.3, -0.25) is 25.8 Å². The van der Waals surface area contributed by atoms with Crippen molar-refractivity contribution in [3.05, 3.63) is 90.0 Å². The van der Waals surface area contributed by atoms with E-state index >= 15 is 0 Å². The van der Waals surface area contributed by atoms with Crippen molar-refractivity contribution in [2.24, 2.45) is 0 Å². The predicted octanol–water partition coefficient (Wildman–Crippen LogP) is 3.38. The van der Waals surface area contributed by atoms with Crippen LogP contribution in [0.4, 0.5) is 0 Å². The van der Waals surface area contributed by atoms with E-state index in [2.05, 4.69) is 16.2 Å². The van der Waals surface area contributed by atoms with Crippen LogP contribution in [0.25, 0.3) is 11.1 Å². The third-order valence-corrected chi connectivity index (χ3v) is 4.39. The lowest BCUT2D eigenvalue weighted by Gasteiger charge is -2.11. The molecule has 3 rings (SSSR count). The summed E-state index contributed by atoms with van der Waals surface area (Å²) in [5, 5.41) is 2.41. The highest BCUT2D eigenvalue weighted by atomic mass is 32.1. The van der Waals surface area contributed by atoms with Gasteiger partial charge in [-0.1, -0.05) is 60.2 Å². The van der Waals surface area contributed by atoms with Gasteiger partial charge in [0.25, 0.3) is 11.8 Å². The van der Waals surface area contributed by atoms with Crippen LogP contribution in [0.1, 0.15) is 15.9 Å². The summed E-state index contributed by atoms with van der Waals surface area (Å²) in [4.78, 5) is 24.2. The third-order valence-electron chi connectivity index (χ3n) is 4.19. The molecule has 0 aromatic heterocycles. The Hall–Kier alpha value is -3.71. The van der Waals surface area contributed by atoms with Crippen LogP contribution >= 0.6 is 12.2 Å². The molecule has 0 aliphatic rings. The summed E-state index contributed by atoms with van der Waals surface area (Å²) < 4.78 is 5.38. The van der Waals surface area contributed by atoms with Crippen LogP contribution in [0, 0.1) is 6.92 Å². The first kappa shape index (κ1) is 21.0. The van der Waals surface area contributed by atoms with Crippen LogP contribution in [0.15, 0.2) is 78.9 Å². The molecule has 0 spiro atoms. The number of hydrogen-bond donors (Lipinski definition) is 3. The SMILES string of the molecule is Cc1ccc(OCC(=O)NC(=S)NNC(=O)c2ccc(-c3ccccc3)cc2)cc1. The van der Waals surface area contributed by atoms with Crippen LogP contribution < -0.4 is 20.9 Å². The Morgan fingerprint density at radius 1 is 0.833 bits per heavy atom. The number of amides is 2. The van der Waals surface area contributed by atoms with E-state index in [4.69, 9.17) is 17.0 Å². The van der Waals surface area contributed by atoms with Crippen molar-refractivity contribution in [1.29, 1.82) is 0 Å². The molecule has 30 heavy (non-hydrogen) atoms. The van der Waals surface area contributed by atoms with Gasteiger partial charge < -0.3 is 4.74 Å². The fourth-order valence-corrected chi connectivity index (χ4v) is 2.77. The molecule has 0 aliphatic carbocycles. The van der Waals surface area contributed by atoms with Gasteiger partial charge in [0.05, 0.1) is 0 Å². The number of carbonyl (C=O) groups is 2. The number of nitrogens with one attached hydrogen (secondary N) is 3. The average Bonchev–Trinajstić information content (AvgIpc) is 2.78. The molecule has 0 saturated heterocycles. The second-order valence-corrected chi connectivity index (χ2v) is 6.91. The molecule has 3 aromatic rings. The molecular formula is C23H21N3O3S. The Kier molecular flexibility index (Phi) is 7.13. The zero-order chi connectivity index (χ0) is 21.3. The first-order valence-corrected chi connectivity index (χ1v) is 9.67. The Morgan fingerprint density at radius 3 is 2.13 bits per heavy atom. The molecule has 0 aliphatic heterocycles. The molecule has 0 heterocycles. The van der Waals surface area contributed by atoms with Crippen LogP contribution in [0.2, 0.25) is 0 Å². The number of benzene rings is 3. The van der Waals surface area contributed by atoms with Gasteiger partial charge in [-0.05, 0) is 54.5 Å². The zero-order valence-electron chi connectivity index (χ0n) is 16.3. The van der Waals surface area contributed by atoms with Crippen molar-refractivity contribution in [2.75, 3.05) is 6.61 Å². The van der Waals surface area contributed by atoms with Crippen molar-refractivity contribution in [3.8, 4) is 16.9 Å². The normalized spacial score (nSPS) is 10.0. The van der Waals surface area contributed by atoms with Gasteiger partial charge in [-0.2, -0.15) is 0 Å². The van der Waals surface area contributed by atoms with Crippen LogP contribution in [0.5, 0.6) is 5.75 Å². The molecule has 152 valence electrons. The van der Waals surface area contributed by atoms with Gasteiger partial charge in [0.1, 0.15) is 5.75 Å². The maximum Gasteiger partial charge on any atom is 0.269 e. The quantitative estimate of drug-likeness (QED) is 0.437. The molecular weight excluding hydrogens is 398 g/mol. The number of carbonyl (C=O) groups excluding carboxylic acids is 2. The van der Waals surface area contributed by atoms with Gasteiger partial charge in [0.2, 0.25) is 0 Å². The summed E-state index contributed by atoms with van der Waals surface area (Å²) in [6, 6.07) is 24.4. The number of hydrazine groups is 1. The number of ether oxygens (including phenoxy) is 1. The maximum atomic E-state index is 12.3. The molecule has 0 unspecified atom stereocenters. The lowest BCUT2D eigenvalue weighted by molar-refractivity contribution is -0.121. The van der Waals surface area contributed by atoms with E-state index in [1.165, 1.54) is 0 Å². The Balaban J connectivity index is 1.43. The van der Waals surface area contributed by atoms with E-state index in [0.29, 0.717) is 11.3 Å². The molecule has 0 bridgehead atoms. The minimum atomic E-state index is -0.436. The predicted molar refractivity (Wildman–Crippen MR) is 120 cm³/mol. The van der Waals surface area contributed by atoms with E-state index in [0.717, 1.165) is 16.7 Å². The molecule has 7 heteroatoms. The van der Waals surface area contributed by atoms with E-state index in [1.54, 1.807) is 24.3 Å². The first-order valence-electron chi connectivity index (χ1n) is 9.26. The minimum Gasteiger partial charge on any atom is -0.484 e. The number of hydrogen-bond acceptors (Lipinski definition) is 4. The van der Waals surface area contributed by atoms with E-state index < -0.39 is 5.91 Å². The smallest absolute Gasteiger partial charge is 0.269 e. The average molecular weight is 420 g/mol. The molecule has 3 aromatic carbocycles. The van der Waals surface area contributed by atoms with Crippen molar-refractivity contribution in [1.82, 2.24) is 16.2 Å². The molecule has 0 radical (unpaired) electrons. The largest absolute Gasteiger partial charge is 0.484 e. The Labute approximate surface area is 180 Å². The molecule has 0 saturated carbocycles. The third kappa shape index (κ3) is 6.15. The van der Waals surface area contributed by atoms with Gasteiger partial charge >= 0.3 is 0 Å². The van der Waals surface area contributed by atoms with Crippen molar-refractivity contribution < 1.29 is 14.3 Å². The standard InChI is InChI=1S/C23H21N3O3S/c1-16-7-13-20(14-8-16)29-15-21(27)24-23(30)26-25-22(28)19-11-9-18(10-12-19)17-5-3-2-4-6-17/h2-14H,15H2,1H3,(H,25,28)(H2,24,26,27,30). The van der Waals surface area contributed by atoms with Gasteiger partial charge in [-0.25, -0.2) is 0 Å². The minimum absolute atomic E-state index is 0.0261. The van der Waals surface area contributed by atoms with Crippen LogP contribution in [-0.2, 0) is 4.79 Å². The lowest BCUT2D eigenvalue weighted by atomic mass is 10.0. The highest BCUT2D eigenvalue weighted by molar-refractivity contribution is 7.80. The van der Waals surface area contributed by atoms with E-state index in [1.807, 2.05) is 61.5 Å². The number of thiocarbonyl (C=S) groups is 1. The summed E-state index contributed by atoms with van der Waals surface area (Å²) >= 11 is 5.02. The van der Waals surface area contributed by atoms with Crippen molar-refractivity contribution in [3.63, 3.8) is 0 Å². The fourth-order valence-electron chi connectivity index (χ4n) is 2.61. The fraction of sp³-hybridized carbons (Fsp3) is 0.0870. The molecule has 0 fully saturated rings. The lowest BCUT2D eigenvalue weighted by Crippen LogP contribution is -2.49. The summed E-state index contributed by atoms with van der Waals surface area (Å²) in [7, 11) is 0. The van der Waals surface area contributed by atoms with Gasteiger partial charge in [0, 0.05) is 5.56 Å². The monoisotopic (exact) mass is 419 g/mol. The summed E-state index contributed by atoms with van der Waals surface area (Å²) in [5.74, 6) is -0.224. The molecule has 2 amide bonds. The van der Waals surface area contributed by atoms with Crippen LogP contribution in [0.3, 0.4) is 0 Å². The topological polar surface area (TPSA) is 79.5 Å². The van der Waals surface area contributed by atoms with Crippen molar-refractivity contribution >= 4 is 29.1 Å². The number of aryl methyl sites for hydroxylation is 1. The zero-order valence-corrected chi connectivity index (χ0v) is 17.2. The molecule has 0 atom stereocenters. The second kappa shape index (κ2) is 10.2. The maximum absolute atomic E-state index is 12.3. The first-order chi connectivity index (χ1) is 14.5. The van der Waals surface area contributed by atoms with E-state index in [-0.39, 0.29) is 17.6 Å². The summed E-state index contributed by atoms with van der Waals surface area (Å²) in [5.41, 5.74) is 8.60. The summed E-state index contributed by atoms with van der Waals surface area (Å²) in [6.07, 6.45) is 0. The van der Waals surface area contributed by atoms with Gasteiger partial charge in [0.15, 0.2) is 11.7 Å². The number of rotatable bonds is 5. The van der Waals surface area contributed by atoms with Crippen LogP contribution in [-0.4, -0.2) is 23.5 Å². The van der Waals surface area contributed by atoms with Crippen molar-refractivity contribution in [2.45, 2.75) is 6.92 Å². The van der Waals surface area contributed by atoms with E-state index in [9.17, 15) is 9.59 Å². The molecule has 3 N–H and O–H groups in total. The van der Waals surface area contributed by atoms with Gasteiger partial charge in [-0.15, -0.1) is 0 Å². The highest BCUT2D eigenvalue weighted by Crippen LogP contribution is 2.19. The highest BCUT2D eigenvalue weighted by Gasteiger charge is 2.09.